The van der Waals surface area contributed by atoms with Gasteiger partial charge in [-0.15, -0.1) is 5.10 Å². The van der Waals surface area contributed by atoms with Crippen molar-refractivity contribution in [3.8, 4) is 17.1 Å². The Morgan fingerprint density at radius 3 is 2.79 bits per heavy atom. The molecule has 4 rings (SSSR count). The Bertz CT molecular complexity index is 1040. The molecule has 3 heterocycles. The largest absolute Gasteiger partial charge is 0.442 e. The predicted molar refractivity (Wildman–Crippen MR) is 98.6 cm³/mol. The van der Waals surface area contributed by atoms with Gasteiger partial charge in [-0.3, -0.25) is 9.69 Å². The fourth-order valence-electron chi connectivity index (χ4n) is 2.90. The highest BCUT2D eigenvalue weighted by atomic mass is 19.1. The van der Waals surface area contributed by atoms with Crippen molar-refractivity contribution < 1.29 is 18.7 Å². The van der Waals surface area contributed by atoms with Crippen molar-refractivity contribution in [3.63, 3.8) is 0 Å². The molecular weight excluding hydrogens is 381 g/mol. The summed E-state index contributed by atoms with van der Waals surface area (Å²) < 4.78 is 21.3. The number of hydrogen-bond donors (Lipinski definition) is 1. The number of halogens is 1. The van der Waals surface area contributed by atoms with Crippen LogP contribution in [0.15, 0.2) is 43.0 Å². The minimum atomic E-state index is -0.590. The summed E-state index contributed by atoms with van der Waals surface area (Å²) >= 11 is 0. The van der Waals surface area contributed by atoms with Gasteiger partial charge in [0.2, 0.25) is 5.91 Å². The van der Waals surface area contributed by atoms with Crippen LogP contribution in [0.1, 0.15) is 6.92 Å². The van der Waals surface area contributed by atoms with Crippen LogP contribution >= 0.6 is 0 Å². The Balaban J connectivity index is 1.51. The molecule has 2 aromatic heterocycles. The third-order valence-electron chi connectivity index (χ3n) is 4.29. The molecule has 1 aromatic carbocycles. The summed E-state index contributed by atoms with van der Waals surface area (Å²) in [6.45, 7) is 1.80. The van der Waals surface area contributed by atoms with E-state index in [1.807, 2.05) is 0 Å². The van der Waals surface area contributed by atoms with Gasteiger partial charge in [0.25, 0.3) is 5.95 Å². The van der Waals surface area contributed by atoms with Crippen LogP contribution in [-0.4, -0.2) is 56.2 Å². The molecule has 2 amide bonds. The lowest BCUT2D eigenvalue weighted by molar-refractivity contribution is -0.119. The van der Waals surface area contributed by atoms with Gasteiger partial charge in [0.05, 0.1) is 31.2 Å². The molecule has 148 valence electrons. The van der Waals surface area contributed by atoms with E-state index in [1.54, 1.807) is 18.3 Å². The highest BCUT2D eigenvalue weighted by molar-refractivity contribution is 5.90. The maximum Gasteiger partial charge on any atom is 0.414 e. The number of ether oxygens (including phenoxy) is 1. The van der Waals surface area contributed by atoms with E-state index in [0.29, 0.717) is 22.8 Å². The van der Waals surface area contributed by atoms with Gasteiger partial charge < -0.3 is 10.1 Å². The van der Waals surface area contributed by atoms with Gasteiger partial charge in [-0.1, -0.05) is 5.21 Å². The number of nitrogens with zero attached hydrogens (tertiary/aromatic N) is 6. The van der Waals surface area contributed by atoms with Gasteiger partial charge in [0.15, 0.2) is 0 Å². The molecule has 1 N–H and O–H groups in total. The number of benzene rings is 1. The van der Waals surface area contributed by atoms with Crippen LogP contribution in [0.4, 0.5) is 14.9 Å². The zero-order valence-electron chi connectivity index (χ0n) is 15.3. The van der Waals surface area contributed by atoms with Crippen molar-refractivity contribution in [2.45, 2.75) is 13.0 Å². The maximum atomic E-state index is 14.7. The van der Waals surface area contributed by atoms with Crippen LogP contribution in [-0.2, 0) is 9.53 Å². The van der Waals surface area contributed by atoms with E-state index in [1.165, 1.54) is 41.2 Å². The molecule has 1 atom stereocenters. The first-order chi connectivity index (χ1) is 14.0. The fourth-order valence-corrected chi connectivity index (χ4v) is 2.90. The molecule has 0 radical (unpaired) electrons. The first kappa shape index (κ1) is 18.5. The van der Waals surface area contributed by atoms with E-state index in [2.05, 4.69) is 25.6 Å². The third-order valence-corrected chi connectivity index (χ3v) is 4.29. The van der Waals surface area contributed by atoms with E-state index in [4.69, 9.17) is 4.74 Å². The second-order valence-electron chi connectivity index (χ2n) is 6.34. The van der Waals surface area contributed by atoms with Crippen LogP contribution in [0.5, 0.6) is 0 Å². The molecule has 1 aliphatic heterocycles. The van der Waals surface area contributed by atoms with Crippen molar-refractivity contribution in [3.05, 3.63) is 48.8 Å². The van der Waals surface area contributed by atoms with Crippen LogP contribution in [0.3, 0.4) is 0 Å². The normalized spacial score (nSPS) is 16.0. The number of anilines is 1. The van der Waals surface area contributed by atoms with Crippen molar-refractivity contribution in [2.75, 3.05) is 18.0 Å². The molecule has 10 nitrogen and oxygen atoms in total. The van der Waals surface area contributed by atoms with Gasteiger partial charge in [-0.25, -0.2) is 19.2 Å². The molecule has 11 heteroatoms. The summed E-state index contributed by atoms with van der Waals surface area (Å²) in [5.74, 6) is -0.432. The number of cyclic esters (lactones) is 1. The Labute approximate surface area is 164 Å². The van der Waals surface area contributed by atoms with Gasteiger partial charge in [0, 0.05) is 30.4 Å². The number of carbonyl (C=O) groups excluding carboxylic acids is 2. The number of hydrogen-bond acceptors (Lipinski definition) is 7. The number of nitrogens with one attached hydrogen (secondary N) is 1. The van der Waals surface area contributed by atoms with E-state index in [9.17, 15) is 14.0 Å². The molecule has 1 fully saturated rings. The molecule has 0 unspecified atom stereocenters. The Morgan fingerprint density at radius 1 is 1.34 bits per heavy atom. The average Bonchev–Trinajstić information content (AvgIpc) is 3.36. The first-order valence-electron chi connectivity index (χ1n) is 8.72. The van der Waals surface area contributed by atoms with Gasteiger partial charge >= 0.3 is 6.09 Å². The first-order valence-corrected chi connectivity index (χ1v) is 8.72. The molecule has 0 aliphatic carbocycles. The lowest BCUT2D eigenvalue weighted by atomic mass is 10.1. The van der Waals surface area contributed by atoms with Crippen LogP contribution < -0.4 is 10.2 Å². The molecule has 3 aromatic rings. The van der Waals surface area contributed by atoms with E-state index < -0.39 is 18.0 Å². The minimum Gasteiger partial charge on any atom is -0.442 e. The highest BCUT2D eigenvalue weighted by Gasteiger charge is 2.32. The van der Waals surface area contributed by atoms with Crippen LogP contribution in [0.25, 0.3) is 17.1 Å². The molecule has 1 saturated heterocycles. The summed E-state index contributed by atoms with van der Waals surface area (Å²) in [7, 11) is 0. The Kier molecular flexibility index (Phi) is 4.85. The summed E-state index contributed by atoms with van der Waals surface area (Å²) in [6.07, 6.45) is 4.98. The number of carbonyl (C=O) groups is 2. The van der Waals surface area contributed by atoms with Crippen molar-refractivity contribution in [1.29, 1.82) is 0 Å². The standard InChI is InChI=1S/C18H16FN7O3/c1-11(27)20-9-14-10-25(18(28)29-14)13-2-3-15(16(19)6-13)12-7-21-17(22-8-12)26-5-4-23-24-26/h2-8,14H,9-10H2,1H3,(H,20,27)/t14-/m0/s1. The SMILES string of the molecule is CC(=O)NC[C@H]1CN(c2ccc(-c3cnc(-n4ccnn4)nc3)c(F)c2)C(=O)O1. The number of rotatable bonds is 5. The number of aromatic nitrogens is 5. The molecule has 29 heavy (non-hydrogen) atoms. The quantitative estimate of drug-likeness (QED) is 0.690. The second-order valence-corrected chi connectivity index (χ2v) is 6.34. The van der Waals surface area contributed by atoms with Crippen LogP contribution in [0, 0.1) is 5.82 Å². The lowest BCUT2D eigenvalue weighted by Crippen LogP contribution is -2.33. The predicted octanol–water partition coefficient (Wildman–Crippen LogP) is 1.32. The summed E-state index contributed by atoms with van der Waals surface area (Å²) in [6, 6.07) is 4.42. The Morgan fingerprint density at radius 2 is 2.14 bits per heavy atom. The fraction of sp³-hybridized carbons (Fsp3) is 0.222. The average molecular weight is 397 g/mol. The summed E-state index contributed by atoms with van der Waals surface area (Å²) in [4.78, 5) is 32.7. The molecule has 0 saturated carbocycles. The number of amides is 2. The third kappa shape index (κ3) is 3.88. The molecule has 0 bridgehead atoms. The van der Waals surface area contributed by atoms with E-state index in [0.717, 1.165) is 0 Å². The van der Waals surface area contributed by atoms with Gasteiger partial charge in [-0.05, 0) is 18.2 Å². The zero-order chi connectivity index (χ0) is 20.4. The zero-order valence-corrected chi connectivity index (χ0v) is 15.3. The smallest absolute Gasteiger partial charge is 0.414 e. The highest BCUT2D eigenvalue weighted by Crippen LogP contribution is 2.28. The lowest BCUT2D eigenvalue weighted by Gasteiger charge is -2.14. The Hall–Kier alpha value is -3.89. The topological polar surface area (TPSA) is 115 Å². The molecular formula is C18H16FN7O3. The van der Waals surface area contributed by atoms with Crippen molar-refractivity contribution >= 4 is 17.7 Å². The van der Waals surface area contributed by atoms with Gasteiger partial charge in [-0.2, -0.15) is 4.68 Å². The van der Waals surface area contributed by atoms with E-state index >= 15 is 0 Å². The maximum absolute atomic E-state index is 14.7. The van der Waals surface area contributed by atoms with Crippen molar-refractivity contribution in [1.82, 2.24) is 30.3 Å². The van der Waals surface area contributed by atoms with Crippen molar-refractivity contribution in [2.24, 2.45) is 0 Å². The summed E-state index contributed by atoms with van der Waals surface area (Å²) in [5, 5.41) is 10.1. The monoisotopic (exact) mass is 397 g/mol. The van der Waals surface area contributed by atoms with Crippen LogP contribution in [0.2, 0.25) is 0 Å². The summed E-state index contributed by atoms with van der Waals surface area (Å²) in [5.41, 5.74) is 1.13. The molecule has 0 spiro atoms. The minimum absolute atomic E-state index is 0.202. The van der Waals surface area contributed by atoms with E-state index in [-0.39, 0.29) is 19.0 Å². The molecule has 1 aliphatic rings. The second kappa shape index (κ2) is 7.62. The van der Waals surface area contributed by atoms with Gasteiger partial charge in [0.1, 0.15) is 11.9 Å².